The topological polar surface area (TPSA) is 75.9 Å². The van der Waals surface area contributed by atoms with Crippen LogP contribution in [0.1, 0.15) is 6.42 Å². The number of nitro benzene ring substituents is 1. The first-order valence-electron chi connectivity index (χ1n) is 9.11. The number of amides is 1. The lowest BCUT2D eigenvalue weighted by Crippen LogP contribution is -2.48. The summed E-state index contributed by atoms with van der Waals surface area (Å²) < 4.78 is 5.14. The lowest BCUT2D eigenvalue weighted by molar-refractivity contribution is -0.384. The number of methoxy groups -OCH3 is 1. The molecule has 2 aromatic carbocycles. The molecule has 0 unspecified atom stereocenters. The van der Waals surface area contributed by atoms with E-state index in [2.05, 4.69) is 4.90 Å². The number of carbonyl (C=O) groups excluding carboxylic acids is 1. The highest BCUT2D eigenvalue weighted by Crippen LogP contribution is 2.23. The van der Waals surface area contributed by atoms with Crippen LogP contribution in [0.15, 0.2) is 53.4 Å². The summed E-state index contributed by atoms with van der Waals surface area (Å²) >= 11 is 1.66. The Morgan fingerprint density at radius 3 is 2.29 bits per heavy atom. The van der Waals surface area contributed by atoms with E-state index in [1.54, 1.807) is 31.0 Å². The molecule has 0 N–H and O–H groups in total. The minimum Gasteiger partial charge on any atom is -0.497 e. The minimum absolute atomic E-state index is 0.0897. The van der Waals surface area contributed by atoms with Crippen molar-refractivity contribution < 1.29 is 14.5 Å². The molecule has 0 atom stereocenters. The van der Waals surface area contributed by atoms with Crippen molar-refractivity contribution in [2.24, 2.45) is 0 Å². The summed E-state index contributed by atoms with van der Waals surface area (Å²) in [6.45, 7) is 2.80. The predicted molar refractivity (Wildman–Crippen MR) is 110 cm³/mol. The maximum atomic E-state index is 12.5. The lowest BCUT2D eigenvalue weighted by Gasteiger charge is -2.36. The Morgan fingerprint density at radius 1 is 1.07 bits per heavy atom. The van der Waals surface area contributed by atoms with Gasteiger partial charge < -0.3 is 14.5 Å². The van der Waals surface area contributed by atoms with Gasteiger partial charge in [-0.25, -0.2) is 0 Å². The molecule has 0 aliphatic carbocycles. The third kappa shape index (κ3) is 5.16. The molecule has 0 radical (unpaired) electrons. The Morgan fingerprint density at radius 2 is 1.71 bits per heavy atom. The van der Waals surface area contributed by atoms with Gasteiger partial charge in [0, 0.05) is 61.1 Å². The summed E-state index contributed by atoms with van der Waals surface area (Å²) in [7, 11) is 1.64. The number of piperazine rings is 1. The zero-order valence-electron chi connectivity index (χ0n) is 15.7. The fraction of sp³-hybridized carbons (Fsp3) is 0.350. The van der Waals surface area contributed by atoms with E-state index in [9.17, 15) is 14.9 Å². The largest absolute Gasteiger partial charge is 0.497 e. The molecule has 1 amide bonds. The zero-order chi connectivity index (χ0) is 19.9. The maximum Gasteiger partial charge on any atom is 0.269 e. The molecule has 3 rings (SSSR count). The first-order chi connectivity index (χ1) is 13.6. The maximum absolute atomic E-state index is 12.5. The second-order valence-electron chi connectivity index (χ2n) is 6.42. The normalized spacial score (nSPS) is 14.0. The Labute approximate surface area is 168 Å². The quantitative estimate of drug-likeness (QED) is 0.402. The number of anilines is 1. The van der Waals surface area contributed by atoms with Gasteiger partial charge in [-0.1, -0.05) is 0 Å². The van der Waals surface area contributed by atoms with E-state index in [1.807, 2.05) is 29.2 Å². The highest BCUT2D eigenvalue weighted by atomic mass is 32.2. The summed E-state index contributed by atoms with van der Waals surface area (Å²) in [6, 6.07) is 14.4. The molecule has 0 aromatic heterocycles. The summed E-state index contributed by atoms with van der Waals surface area (Å²) in [6.07, 6.45) is 0.508. The van der Waals surface area contributed by atoms with E-state index in [1.165, 1.54) is 12.1 Å². The van der Waals surface area contributed by atoms with Gasteiger partial charge in [0.1, 0.15) is 5.75 Å². The van der Waals surface area contributed by atoms with Crippen LogP contribution in [0.5, 0.6) is 5.75 Å². The monoisotopic (exact) mass is 401 g/mol. The van der Waals surface area contributed by atoms with Gasteiger partial charge >= 0.3 is 0 Å². The van der Waals surface area contributed by atoms with E-state index >= 15 is 0 Å². The Balaban J connectivity index is 1.42. The molecular weight excluding hydrogens is 378 g/mol. The van der Waals surface area contributed by atoms with Crippen LogP contribution in [-0.2, 0) is 4.79 Å². The molecule has 28 heavy (non-hydrogen) atoms. The van der Waals surface area contributed by atoms with Gasteiger partial charge in [0.15, 0.2) is 0 Å². The van der Waals surface area contributed by atoms with Crippen molar-refractivity contribution in [3.05, 3.63) is 58.6 Å². The van der Waals surface area contributed by atoms with Gasteiger partial charge in [-0.05, 0) is 36.4 Å². The van der Waals surface area contributed by atoms with Crippen LogP contribution in [0.4, 0.5) is 11.4 Å². The lowest BCUT2D eigenvalue weighted by atomic mass is 10.2. The summed E-state index contributed by atoms with van der Waals surface area (Å²) in [5.74, 6) is 1.74. The van der Waals surface area contributed by atoms with Crippen LogP contribution in [0.25, 0.3) is 0 Å². The number of non-ortho nitro benzene ring substituents is 1. The molecular formula is C20H23N3O4S. The van der Waals surface area contributed by atoms with E-state index < -0.39 is 4.92 Å². The number of nitrogens with zero attached hydrogens (tertiary/aromatic N) is 3. The Kier molecular flexibility index (Phi) is 6.76. The summed E-state index contributed by atoms with van der Waals surface area (Å²) in [5.41, 5.74) is 1.04. The SMILES string of the molecule is COc1ccc(SCCC(=O)N2CCN(c3ccc([N+](=O)[O-])cc3)CC2)cc1. The van der Waals surface area contributed by atoms with Crippen LogP contribution >= 0.6 is 11.8 Å². The molecule has 0 bridgehead atoms. The van der Waals surface area contributed by atoms with Crippen LogP contribution in [0.2, 0.25) is 0 Å². The van der Waals surface area contributed by atoms with Crippen LogP contribution in [0.3, 0.4) is 0 Å². The number of carbonyl (C=O) groups is 1. The number of nitro groups is 1. The van der Waals surface area contributed by atoms with Crippen molar-refractivity contribution in [2.75, 3.05) is 43.9 Å². The molecule has 7 nitrogen and oxygen atoms in total. The highest BCUT2D eigenvalue weighted by Gasteiger charge is 2.21. The van der Waals surface area contributed by atoms with E-state index in [0.29, 0.717) is 19.5 Å². The average molecular weight is 401 g/mol. The van der Waals surface area contributed by atoms with Crippen molar-refractivity contribution in [1.29, 1.82) is 0 Å². The third-order valence-electron chi connectivity index (χ3n) is 4.70. The summed E-state index contributed by atoms with van der Waals surface area (Å²) in [5, 5.41) is 10.8. The van der Waals surface area contributed by atoms with E-state index in [-0.39, 0.29) is 11.6 Å². The molecule has 1 aliphatic heterocycles. The van der Waals surface area contributed by atoms with Crippen molar-refractivity contribution >= 4 is 29.0 Å². The average Bonchev–Trinajstić information content (AvgIpc) is 2.74. The Bertz CT molecular complexity index is 803. The number of benzene rings is 2. The number of rotatable bonds is 7. The fourth-order valence-electron chi connectivity index (χ4n) is 3.09. The van der Waals surface area contributed by atoms with Crippen LogP contribution < -0.4 is 9.64 Å². The van der Waals surface area contributed by atoms with Gasteiger partial charge in [0.05, 0.1) is 12.0 Å². The molecule has 148 valence electrons. The first-order valence-corrected chi connectivity index (χ1v) is 10.1. The molecule has 8 heteroatoms. The number of thioether (sulfide) groups is 1. The van der Waals surface area contributed by atoms with E-state index in [4.69, 9.17) is 4.74 Å². The smallest absolute Gasteiger partial charge is 0.269 e. The van der Waals surface area contributed by atoms with Gasteiger partial charge in [0.2, 0.25) is 5.91 Å². The second-order valence-corrected chi connectivity index (χ2v) is 7.58. The third-order valence-corrected chi connectivity index (χ3v) is 5.72. The standard InChI is InChI=1S/C20H23N3O4S/c1-27-18-6-8-19(9-7-18)28-15-10-20(24)22-13-11-21(12-14-22)16-2-4-17(5-3-16)23(25)26/h2-9H,10-15H2,1H3. The van der Waals surface area contributed by atoms with Crippen molar-refractivity contribution in [3.8, 4) is 5.75 Å². The van der Waals surface area contributed by atoms with Crippen LogP contribution in [-0.4, -0.2) is 54.8 Å². The number of hydrogen-bond acceptors (Lipinski definition) is 6. The zero-order valence-corrected chi connectivity index (χ0v) is 16.6. The highest BCUT2D eigenvalue weighted by molar-refractivity contribution is 7.99. The van der Waals surface area contributed by atoms with Crippen LogP contribution in [0, 0.1) is 10.1 Å². The molecule has 1 fully saturated rings. The first kappa shape index (κ1) is 20.0. The van der Waals surface area contributed by atoms with Crippen molar-refractivity contribution in [2.45, 2.75) is 11.3 Å². The summed E-state index contributed by atoms with van der Waals surface area (Å²) in [4.78, 5) is 28.0. The van der Waals surface area contributed by atoms with Crippen molar-refractivity contribution in [3.63, 3.8) is 0 Å². The van der Waals surface area contributed by atoms with Gasteiger partial charge in [0.25, 0.3) is 5.69 Å². The Hall–Kier alpha value is -2.74. The van der Waals surface area contributed by atoms with E-state index in [0.717, 1.165) is 35.2 Å². The molecule has 2 aromatic rings. The molecule has 1 saturated heterocycles. The fourth-order valence-corrected chi connectivity index (χ4v) is 3.93. The molecule has 0 spiro atoms. The second kappa shape index (κ2) is 9.45. The predicted octanol–water partition coefficient (Wildman–Crippen LogP) is 3.43. The van der Waals surface area contributed by atoms with Gasteiger partial charge in [-0.2, -0.15) is 0 Å². The van der Waals surface area contributed by atoms with Gasteiger partial charge in [-0.15, -0.1) is 11.8 Å². The molecule has 1 heterocycles. The molecule has 1 aliphatic rings. The molecule has 0 saturated carbocycles. The van der Waals surface area contributed by atoms with Crippen molar-refractivity contribution in [1.82, 2.24) is 4.90 Å². The number of hydrogen-bond donors (Lipinski definition) is 0. The van der Waals surface area contributed by atoms with Gasteiger partial charge in [-0.3, -0.25) is 14.9 Å². The minimum atomic E-state index is -0.398. The number of ether oxygens (including phenoxy) is 1.